The van der Waals surface area contributed by atoms with Crippen LogP contribution in [-0.4, -0.2) is 15.0 Å². The molecule has 9 aromatic rings. The molecule has 2 heterocycles. The Labute approximate surface area is 347 Å². The lowest BCUT2D eigenvalue weighted by atomic mass is 9.92. The molecule has 282 valence electrons. The summed E-state index contributed by atoms with van der Waals surface area (Å²) in [5, 5.41) is 20.5. The van der Waals surface area contributed by atoms with Gasteiger partial charge in [0, 0.05) is 33.0 Å². The first-order valence-electron chi connectivity index (χ1n) is 19.9. The SMILES string of the molecule is CC1CC=CC=C1c1nc(-c2ccccc2)nc(-c2cccc3oc4c(-c5ccc(-c6ccc(C#N)cc6)cc5)cc(-c5ccc(-c6ccc(C#N)cc6)cc5)cc4c23)n1. The van der Waals surface area contributed by atoms with Crippen molar-refractivity contribution in [3.05, 3.63) is 193 Å². The first-order valence-corrected chi connectivity index (χ1v) is 19.9. The number of hydrogen-bond acceptors (Lipinski definition) is 6. The molecular weight excluding hydrogens is 735 g/mol. The number of rotatable bonds is 7. The third kappa shape index (κ3) is 6.73. The van der Waals surface area contributed by atoms with Crippen molar-refractivity contribution in [2.45, 2.75) is 13.3 Å². The molecule has 10 rings (SSSR count). The summed E-state index contributed by atoms with van der Waals surface area (Å²) in [6.45, 7) is 2.21. The van der Waals surface area contributed by atoms with Gasteiger partial charge in [-0.25, -0.2) is 15.0 Å². The van der Waals surface area contributed by atoms with Crippen LogP contribution in [0.1, 0.15) is 30.3 Å². The second-order valence-electron chi connectivity index (χ2n) is 15.1. The highest BCUT2D eigenvalue weighted by atomic mass is 16.3. The Balaban J connectivity index is 1.17. The fourth-order valence-corrected chi connectivity index (χ4v) is 8.05. The molecule has 1 aliphatic carbocycles. The van der Waals surface area contributed by atoms with Gasteiger partial charge in [-0.1, -0.05) is 140 Å². The van der Waals surface area contributed by atoms with Gasteiger partial charge >= 0.3 is 0 Å². The lowest BCUT2D eigenvalue weighted by Gasteiger charge is -2.17. The van der Waals surface area contributed by atoms with Crippen molar-refractivity contribution in [1.82, 2.24) is 15.0 Å². The van der Waals surface area contributed by atoms with Gasteiger partial charge in [-0.3, -0.25) is 0 Å². The molecule has 0 fully saturated rings. The van der Waals surface area contributed by atoms with E-state index < -0.39 is 0 Å². The van der Waals surface area contributed by atoms with E-state index in [1.807, 2.05) is 91.0 Å². The summed E-state index contributed by atoms with van der Waals surface area (Å²) in [5.41, 5.74) is 13.9. The zero-order valence-corrected chi connectivity index (χ0v) is 32.7. The van der Waals surface area contributed by atoms with Crippen LogP contribution in [-0.2, 0) is 0 Å². The zero-order valence-electron chi connectivity index (χ0n) is 32.7. The molecule has 0 aliphatic heterocycles. The first kappa shape index (κ1) is 36.2. The Morgan fingerprint density at radius 2 is 1.07 bits per heavy atom. The van der Waals surface area contributed by atoms with Gasteiger partial charge in [0.1, 0.15) is 11.2 Å². The topological polar surface area (TPSA) is 99.4 Å². The summed E-state index contributed by atoms with van der Waals surface area (Å²) >= 11 is 0. The maximum Gasteiger partial charge on any atom is 0.164 e. The van der Waals surface area contributed by atoms with Gasteiger partial charge in [-0.2, -0.15) is 10.5 Å². The number of allylic oxidation sites excluding steroid dienone is 4. The molecule has 0 amide bonds. The Morgan fingerprint density at radius 3 is 1.67 bits per heavy atom. The molecule has 60 heavy (non-hydrogen) atoms. The standard InChI is InChI=1S/C54H35N5O/c1-34-8-5-6-11-45(34)53-57-52(43-9-3-2-4-10-43)58-54(59-53)46-12-7-13-49-50(46)48-31-44(41-24-22-39(23-25-41)37-18-14-35(32-55)15-19-37)30-47(51(48)60-49)42-28-26-40(27-29-42)38-20-16-36(33-56)17-21-38/h2-7,9-31,34H,8H2,1H3. The van der Waals surface area contributed by atoms with Gasteiger partial charge < -0.3 is 4.42 Å². The third-order valence-electron chi connectivity index (χ3n) is 11.3. The average Bonchev–Trinajstić information content (AvgIpc) is 3.71. The average molecular weight is 770 g/mol. The van der Waals surface area contributed by atoms with E-state index in [1.165, 1.54) is 0 Å². The number of furan rings is 1. The quantitative estimate of drug-likeness (QED) is 0.160. The Hall–Kier alpha value is -8.19. The number of benzene rings is 7. The number of nitrogens with zero attached hydrogens (tertiary/aromatic N) is 5. The summed E-state index contributed by atoms with van der Waals surface area (Å²) in [6.07, 6.45) is 7.31. The largest absolute Gasteiger partial charge is 0.455 e. The Kier molecular flexibility index (Phi) is 9.22. The molecule has 0 saturated heterocycles. The molecule has 1 unspecified atom stereocenters. The maximum atomic E-state index is 9.32. The van der Waals surface area contributed by atoms with Crippen LogP contribution in [0.15, 0.2) is 180 Å². The molecule has 0 saturated carbocycles. The van der Waals surface area contributed by atoms with Gasteiger partial charge in [0.15, 0.2) is 17.5 Å². The van der Waals surface area contributed by atoms with Crippen molar-refractivity contribution in [3.8, 4) is 79.4 Å². The van der Waals surface area contributed by atoms with Crippen LogP contribution >= 0.6 is 0 Å². The summed E-state index contributed by atoms with van der Waals surface area (Å²) < 4.78 is 6.86. The molecule has 2 aromatic heterocycles. The fourth-order valence-electron chi connectivity index (χ4n) is 8.05. The van der Waals surface area contributed by atoms with Crippen LogP contribution < -0.4 is 0 Å². The van der Waals surface area contributed by atoms with Crippen molar-refractivity contribution in [1.29, 1.82) is 10.5 Å². The van der Waals surface area contributed by atoms with Crippen molar-refractivity contribution >= 4 is 27.5 Å². The summed E-state index contributed by atoms with van der Waals surface area (Å²) in [6, 6.07) is 57.3. The number of nitriles is 2. The van der Waals surface area contributed by atoms with Crippen LogP contribution in [0.2, 0.25) is 0 Å². The lowest BCUT2D eigenvalue weighted by Crippen LogP contribution is -2.08. The smallest absolute Gasteiger partial charge is 0.164 e. The van der Waals surface area contributed by atoms with Crippen molar-refractivity contribution in [2.75, 3.05) is 0 Å². The molecule has 6 nitrogen and oxygen atoms in total. The van der Waals surface area contributed by atoms with Crippen molar-refractivity contribution in [2.24, 2.45) is 5.92 Å². The van der Waals surface area contributed by atoms with E-state index in [0.717, 1.165) is 89.6 Å². The molecule has 0 N–H and O–H groups in total. The molecular formula is C54H35N5O. The number of aromatic nitrogens is 3. The maximum absolute atomic E-state index is 9.32. The monoisotopic (exact) mass is 769 g/mol. The highest BCUT2D eigenvalue weighted by Gasteiger charge is 2.23. The van der Waals surface area contributed by atoms with Gasteiger partial charge in [-0.05, 0) is 93.7 Å². The van der Waals surface area contributed by atoms with Crippen LogP contribution in [0.5, 0.6) is 0 Å². The lowest BCUT2D eigenvalue weighted by molar-refractivity contribution is 0.670. The molecule has 1 aliphatic rings. The molecule has 0 spiro atoms. The van der Waals surface area contributed by atoms with E-state index in [1.54, 1.807) is 0 Å². The molecule has 7 aromatic carbocycles. The zero-order chi connectivity index (χ0) is 40.6. The number of fused-ring (bicyclic) bond motifs is 3. The minimum absolute atomic E-state index is 0.260. The van der Waals surface area contributed by atoms with E-state index in [2.05, 4.69) is 104 Å². The third-order valence-corrected chi connectivity index (χ3v) is 11.3. The molecule has 0 radical (unpaired) electrons. The highest BCUT2D eigenvalue weighted by molar-refractivity contribution is 6.16. The van der Waals surface area contributed by atoms with E-state index >= 15 is 0 Å². The predicted molar refractivity (Wildman–Crippen MR) is 240 cm³/mol. The molecule has 0 bridgehead atoms. The summed E-state index contributed by atoms with van der Waals surface area (Å²) in [4.78, 5) is 15.4. The van der Waals surface area contributed by atoms with Crippen molar-refractivity contribution in [3.63, 3.8) is 0 Å². The van der Waals surface area contributed by atoms with Gasteiger partial charge in [0.25, 0.3) is 0 Å². The van der Waals surface area contributed by atoms with Gasteiger partial charge in [0.05, 0.1) is 23.3 Å². The Morgan fingerprint density at radius 1 is 0.517 bits per heavy atom. The second-order valence-corrected chi connectivity index (χ2v) is 15.1. The number of hydrogen-bond donors (Lipinski definition) is 0. The van der Waals surface area contributed by atoms with Crippen LogP contribution in [0, 0.1) is 28.6 Å². The predicted octanol–water partition coefficient (Wildman–Crippen LogP) is 13.5. The van der Waals surface area contributed by atoms with Crippen LogP contribution in [0.25, 0.3) is 94.8 Å². The molecule has 6 heteroatoms. The van der Waals surface area contributed by atoms with E-state index in [0.29, 0.717) is 28.6 Å². The van der Waals surface area contributed by atoms with E-state index in [4.69, 9.17) is 19.4 Å². The normalized spacial score (nSPS) is 13.5. The minimum Gasteiger partial charge on any atom is -0.455 e. The van der Waals surface area contributed by atoms with Gasteiger partial charge in [-0.15, -0.1) is 0 Å². The van der Waals surface area contributed by atoms with Crippen LogP contribution in [0.3, 0.4) is 0 Å². The van der Waals surface area contributed by atoms with Crippen LogP contribution in [0.4, 0.5) is 0 Å². The summed E-state index contributed by atoms with van der Waals surface area (Å²) in [7, 11) is 0. The molecule has 1 atom stereocenters. The minimum atomic E-state index is 0.260. The fraction of sp³-hybridized carbons (Fsp3) is 0.0556. The van der Waals surface area contributed by atoms with Crippen molar-refractivity contribution < 1.29 is 4.42 Å². The second kappa shape index (κ2) is 15.3. The first-order chi connectivity index (χ1) is 29.5. The van der Waals surface area contributed by atoms with E-state index in [-0.39, 0.29) is 5.92 Å². The Bertz CT molecular complexity index is 3220. The van der Waals surface area contributed by atoms with E-state index in [9.17, 15) is 10.5 Å². The summed E-state index contributed by atoms with van der Waals surface area (Å²) in [5.74, 6) is 2.14. The highest BCUT2D eigenvalue weighted by Crippen LogP contribution is 2.43. The van der Waals surface area contributed by atoms with Gasteiger partial charge in [0.2, 0.25) is 0 Å².